The fourth-order valence-electron chi connectivity index (χ4n) is 7.68. The van der Waals surface area contributed by atoms with Crippen molar-refractivity contribution in [2.45, 2.75) is 31.6 Å². The SMILES string of the molecule is CC1(C)c2ccccc2-c2ccc3c4ccccc4n(-c4ccc(C5N=C(c6ccccc6)NC(c6ccccc6)N5)cc4)c3c21. The van der Waals surface area contributed by atoms with Gasteiger partial charge in [0.15, 0.2) is 0 Å². The third-order valence-corrected chi connectivity index (χ3v) is 9.86. The molecule has 1 aliphatic heterocycles. The molecule has 0 bridgehead atoms. The molecule has 2 heterocycles. The van der Waals surface area contributed by atoms with Gasteiger partial charge in [0, 0.05) is 27.4 Å². The molecule has 2 atom stereocenters. The Morgan fingerprint density at radius 2 is 1.30 bits per heavy atom. The van der Waals surface area contributed by atoms with E-state index in [2.05, 4.69) is 169 Å². The average molecular weight is 595 g/mol. The Kier molecular flexibility index (Phi) is 6.02. The summed E-state index contributed by atoms with van der Waals surface area (Å²) >= 11 is 0. The smallest absolute Gasteiger partial charge is 0.131 e. The van der Waals surface area contributed by atoms with E-state index in [1.807, 2.05) is 6.07 Å². The second kappa shape index (κ2) is 10.3. The maximum atomic E-state index is 5.17. The molecule has 0 fully saturated rings. The van der Waals surface area contributed by atoms with Gasteiger partial charge in [-0.3, -0.25) is 5.32 Å². The number of nitrogens with zero attached hydrogens (tertiary/aromatic N) is 2. The number of para-hydroxylation sites is 1. The molecule has 9 rings (SSSR count). The molecule has 0 saturated carbocycles. The van der Waals surface area contributed by atoms with Crippen LogP contribution in [0.15, 0.2) is 151 Å². The normalized spacial score (nSPS) is 18.2. The van der Waals surface area contributed by atoms with Crippen LogP contribution in [0.5, 0.6) is 0 Å². The van der Waals surface area contributed by atoms with Gasteiger partial charge in [-0.1, -0.05) is 141 Å². The number of amidine groups is 1. The summed E-state index contributed by atoms with van der Waals surface area (Å²) in [7, 11) is 0. The Labute approximate surface area is 269 Å². The summed E-state index contributed by atoms with van der Waals surface area (Å²) in [6.45, 7) is 4.74. The van der Waals surface area contributed by atoms with E-state index in [1.165, 1.54) is 49.6 Å². The standard InChI is InChI=1S/C42H34N4/c1-42(2)35-19-11-9-17-31(35)33-25-26-34-32-18-10-12-20-36(32)46(38(34)37(33)42)30-23-21-29(22-24-30)41-44-39(27-13-5-3-6-14-27)43-40(45-41)28-15-7-4-8-16-28/h3-26,39,41,44H,1-2H3,(H,43,45). The lowest BCUT2D eigenvalue weighted by atomic mass is 9.81. The van der Waals surface area contributed by atoms with Crippen LogP contribution >= 0.6 is 0 Å². The van der Waals surface area contributed by atoms with Crippen LogP contribution in [-0.4, -0.2) is 10.4 Å². The third-order valence-electron chi connectivity index (χ3n) is 9.86. The molecule has 6 aromatic carbocycles. The number of aromatic nitrogens is 1. The van der Waals surface area contributed by atoms with Crippen molar-refractivity contribution in [1.29, 1.82) is 0 Å². The van der Waals surface area contributed by atoms with E-state index >= 15 is 0 Å². The molecule has 4 nitrogen and oxygen atoms in total. The molecule has 2 unspecified atom stereocenters. The molecule has 0 amide bonds. The summed E-state index contributed by atoms with van der Waals surface area (Å²) < 4.78 is 2.47. The van der Waals surface area contributed by atoms with Gasteiger partial charge in [0.2, 0.25) is 0 Å². The van der Waals surface area contributed by atoms with Gasteiger partial charge in [-0.05, 0) is 51.6 Å². The van der Waals surface area contributed by atoms with Crippen LogP contribution in [0.3, 0.4) is 0 Å². The van der Waals surface area contributed by atoms with E-state index in [4.69, 9.17) is 4.99 Å². The summed E-state index contributed by atoms with van der Waals surface area (Å²) in [5.74, 6) is 0.891. The van der Waals surface area contributed by atoms with Crippen molar-refractivity contribution in [2.75, 3.05) is 0 Å². The zero-order chi connectivity index (χ0) is 30.8. The van der Waals surface area contributed by atoms with Crippen molar-refractivity contribution in [3.63, 3.8) is 0 Å². The minimum absolute atomic E-state index is 0.0672. The van der Waals surface area contributed by atoms with Crippen molar-refractivity contribution in [2.24, 2.45) is 4.99 Å². The average Bonchev–Trinajstić information content (AvgIpc) is 3.57. The summed E-state index contributed by atoms with van der Waals surface area (Å²) in [6, 6.07) is 52.2. The monoisotopic (exact) mass is 594 g/mol. The Morgan fingerprint density at radius 1 is 0.609 bits per heavy atom. The van der Waals surface area contributed by atoms with Crippen LogP contribution < -0.4 is 10.6 Å². The van der Waals surface area contributed by atoms with Crippen molar-refractivity contribution >= 4 is 27.6 Å². The van der Waals surface area contributed by atoms with Crippen molar-refractivity contribution in [3.8, 4) is 16.8 Å². The fourth-order valence-corrected chi connectivity index (χ4v) is 7.68. The number of nitrogens with one attached hydrogen (secondary N) is 2. The first kappa shape index (κ1) is 26.9. The lowest BCUT2D eigenvalue weighted by Crippen LogP contribution is -2.44. The Bertz CT molecular complexity index is 2280. The largest absolute Gasteiger partial charge is 0.350 e. The van der Waals surface area contributed by atoms with Gasteiger partial charge in [-0.2, -0.15) is 0 Å². The third kappa shape index (κ3) is 4.07. The van der Waals surface area contributed by atoms with Gasteiger partial charge in [0.1, 0.15) is 18.2 Å². The molecular weight excluding hydrogens is 560 g/mol. The van der Waals surface area contributed by atoms with E-state index < -0.39 is 0 Å². The summed E-state index contributed by atoms with van der Waals surface area (Å²) in [5.41, 5.74) is 12.4. The molecule has 0 radical (unpaired) electrons. The molecule has 4 heteroatoms. The highest BCUT2D eigenvalue weighted by atomic mass is 15.3. The Morgan fingerprint density at radius 3 is 2.11 bits per heavy atom. The van der Waals surface area contributed by atoms with Gasteiger partial charge in [-0.15, -0.1) is 0 Å². The summed E-state index contributed by atoms with van der Waals surface area (Å²) in [4.78, 5) is 5.17. The lowest BCUT2D eigenvalue weighted by molar-refractivity contribution is 0.409. The van der Waals surface area contributed by atoms with E-state index in [9.17, 15) is 0 Å². The number of rotatable bonds is 4. The molecule has 2 aliphatic rings. The Hall–Kier alpha value is -5.45. The number of hydrogen-bond acceptors (Lipinski definition) is 3. The van der Waals surface area contributed by atoms with E-state index in [0.29, 0.717) is 0 Å². The predicted octanol–water partition coefficient (Wildman–Crippen LogP) is 9.43. The second-order valence-corrected chi connectivity index (χ2v) is 12.9. The number of hydrogen-bond donors (Lipinski definition) is 2. The highest BCUT2D eigenvalue weighted by Crippen LogP contribution is 2.52. The van der Waals surface area contributed by atoms with E-state index in [-0.39, 0.29) is 17.7 Å². The molecule has 7 aromatic rings. The van der Waals surface area contributed by atoms with Crippen LogP contribution in [0.2, 0.25) is 0 Å². The van der Waals surface area contributed by atoms with Crippen LogP contribution in [0.4, 0.5) is 0 Å². The molecule has 46 heavy (non-hydrogen) atoms. The first-order chi connectivity index (χ1) is 22.6. The first-order valence-corrected chi connectivity index (χ1v) is 16.1. The molecular formula is C42H34N4. The zero-order valence-corrected chi connectivity index (χ0v) is 25.9. The van der Waals surface area contributed by atoms with Gasteiger partial charge in [0.05, 0.1) is 11.0 Å². The van der Waals surface area contributed by atoms with Gasteiger partial charge < -0.3 is 9.88 Å². The minimum atomic E-state index is -0.202. The lowest BCUT2D eigenvalue weighted by Gasteiger charge is -2.32. The summed E-state index contributed by atoms with van der Waals surface area (Å²) in [5, 5.41) is 9.95. The van der Waals surface area contributed by atoms with Crippen molar-refractivity contribution in [1.82, 2.24) is 15.2 Å². The first-order valence-electron chi connectivity index (χ1n) is 16.1. The molecule has 222 valence electrons. The maximum absolute atomic E-state index is 5.17. The van der Waals surface area contributed by atoms with Crippen LogP contribution in [0.25, 0.3) is 38.6 Å². The highest BCUT2D eigenvalue weighted by molar-refractivity contribution is 6.13. The minimum Gasteiger partial charge on any atom is -0.350 e. The Balaban J connectivity index is 1.18. The van der Waals surface area contributed by atoms with Crippen LogP contribution in [0, 0.1) is 0 Å². The van der Waals surface area contributed by atoms with E-state index in [1.54, 1.807) is 0 Å². The van der Waals surface area contributed by atoms with Crippen LogP contribution in [0.1, 0.15) is 54.0 Å². The van der Waals surface area contributed by atoms with Crippen molar-refractivity contribution < 1.29 is 0 Å². The topological polar surface area (TPSA) is 41.4 Å². The second-order valence-electron chi connectivity index (χ2n) is 12.9. The van der Waals surface area contributed by atoms with Gasteiger partial charge in [0.25, 0.3) is 0 Å². The van der Waals surface area contributed by atoms with Gasteiger partial charge in [-0.25, -0.2) is 4.99 Å². The molecule has 1 aromatic heterocycles. The van der Waals surface area contributed by atoms with Gasteiger partial charge >= 0.3 is 0 Å². The quantitative estimate of drug-likeness (QED) is 0.213. The van der Waals surface area contributed by atoms with E-state index in [0.717, 1.165) is 22.6 Å². The summed E-state index contributed by atoms with van der Waals surface area (Å²) in [6.07, 6.45) is -0.270. The molecule has 2 N–H and O–H groups in total. The van der Waals surface area contributed by atoms with Crippen LogP contribution in [-0.2, 0) is 5.41 Å². The molecule has 0 saturated heterocycles. The number of fused-ring (bicyclic) bond motifs is 7. The molecule has 0 spiro atoms. The highest BCUT2D eigenvalue weighted by Gasteiger charge is 2.38. The number of aliphatic imine (C=N–C) groups is 1. The van der Waals surface area contributed by atoms with Crippen molar-refractivity contribution in [3.05, 3.63) is 173 Å². The zero-order valence-electron chi connectivity index (χ0n) is 25.9. The number of benzene rings is 6. The fraction of sp³-hybridized carbons (Fsp3) is 0.119. The predicted molar refractivity (Wildman–Crippen MR) is 190 cm³/mol. The maximum Gasteiger partial charge on any atom is 0.131 e. The molecule has 1 aliphatic carbocycles.